The number of pyridine rings is 1. The van der Waals surface area contributed by atoms with Gasteiger partial charge in [0.25, 0.3) is 0 Å². The van der Waals surface area contributed by atoms with Gasteiger partial charge in [-0.1, -0.05) is 12.1 Å². The van der Waals surface area contributed by atoms with Gasteiger partial charge in [0.1, 0.15) is 5.65 Å². The van der Waals surface area contributed by atoms with Crippen LogP contribution < -0.4 is 16.0 Å². The molecule has 4 N–H and O–H groups in total. The summed E-state index contributed by atoms with van der Waals surface area (Å²) in [6.07, 6.45) is 3.91. The van der Waals surface area contributed by atoms with Crippen LogP contribution in [0.2, 0.25) is 0 Å². The van der Waals surface area contributed by atoms with Crippen LogP contribution in [0.3, 0.4) is 0 Å². The molecule has 0 unspecified atom stereocenters. The summed E-state index contributed by atoms with van der Waals surface area (Å²) in [6.45, 7) is 8.17. The highest BCUT2D eigenvalue weighted by atomic mass is 16.1. The fourth-order valence-electron chi connectivity index (χ4n) is 5.00. The van der Waals surface area contributed by atoms with Crippen molar-refractivity contribution < 1.29 is 4.79 Å². The number of hydrogen-bond donors (Lipinski definition) is 3. The molecule has 0 saturated carbocycles. The van der Waals surface area contributed by atoms with Crippen LogP contribution in [0.4, 0.5) is 11.4 Å². The number of aromatic amines is 1. The number of carbonyl (C=O) groups is 1. The number of amides is 1. The number of primary amides is 1. The number of piperazine rings is 1. The van der Waals surface area contributed by atoms with Gasteiger partial charge in [0.2, 0.25) is 5.91 Å². The summed E-state index contributed by atoms with van der Waals surface area (Å²) in [5.74, 6) is -0.402. The van der Waals surface area contributed by atoms with Gasteiger partial charge in [-0.2, -0.15) is 0 Å². The van der Waals surface area contributed by atoms with Gasteiger partial charge in [-0.15, -0.1) is 0 Å². The monoisotopic (exact) mass is 468 g/mol. The van der Waals surface area contributed by atoms with E-state index in [4.69, 9.17) is 10.7 Å². The minimum absolute atomic E-state index is 0.402. The topological polar surface area (TPSA) is 90.3 Å². The first-order valence-electron chi connectivity index (χ1n) is 12.0. The van der Waals surface area contributed by atoms with E-state index in [1.165, 1.54) is 5.69 Å². The average Bonchev–Trinajstić information content (AvgIpc) is 3.28. The highest BCUT2D eigenvalue weighted by Gasteiger charge is 2.18. The van der Waals surface area contributed by atoms with E-state index in [9.17, 15) is 4.79 Å². The maximum Gasteiger partial charge on any atom is 0.248 e. The Hall–Kier alpha value is -3.84. The van der Waals surface area contributed by atoms with E-state index >= 15 is 0 Å². The fraction of sp³-hybridized carbons (Fsp3) is 0.286. The number of nitrogens with two attached hydrogens (primary N) is 1. The van der Waals surface area contributed by atoms with Crippen molar-refractivity contribution in [1.82, 2.24) is 14.9 Å². The summed E-state index contributed by atoms with van der Waals surface area (Å²) in [5, 5.41) is 4.44. The van der Waals surface area contributed by atoms with Gasteiger partial charge in [0, 0.05) is 67.7 Å². The quantitative estimate of drug-likeness (QED) is 0.404. The van der Waals surface area contributed by atoms with Gasteiger partial charge in [-0.05, 0) is 67.4 Å². The summed E-state index contributed by atoms with van der Waals surface area (Å²) >= 11 is 0. The van der Waals surface area contributed by atoms with E-state index in [1.54, 1.807) is 0 Å². The molecule has 1 fully saturated rings. The van der Waals surface area contributed by atoms with Crippen LogP contribution in [-0.4, -0.2) is 61.0 Å². The van der Waals surface area contributed by atoms with E-state index in [0.717, 1.165) is 76.3 Å². The zero-order chi connectivity index (χ0) is 24.7. The number of likely N-dealkylation sites (N-methyl/N-ethyl adjacent to an activating group) is 1. The SMILES string of the molecule is CNc1cc(-c2cnc3[nH]cc(-c4ccc(C(N)=O)c(C)c4C)c3c2)ccc1N1CCN(C)CC1. The number of benzene rings is 2. The van der Waals surface area contributed by atoms with Crippen molar-refractivity contribution in [2.24, 2.45) is 5.73 Å². The minimum atomic E-state index is -0.402. The lowest BCUT2D eigenvalue weighted by atomic mass is 9.93. The molecule has 35 heavy (non-hydrogen) atoms. The molecule has 0 bridgehead atoms. The summed E-state index contributed by atoms with van der Waals surface area (Å²) in [7, 11) is 4.15. The lowest BCUT2D eigenvalue weighted by molar-refractivity contribution is 0.0999. The summed E-state index contributed by atoms with van der Waals surface area (Å²) in [4.78, 5) is 24.6. The van der Waals surface area contributed by atoms with Crippen LogP contribution in [0, 0.1) is 13.8 Å². The second-order valence-electron chi connectivity index (χ2n) is 9.37. The summed E-state index contributed by atoms with van der Waals surface area (Å²) in [6, 6.07) is 12.6. The Kier molecular flexibility index (Phi) is 5.94. The molecular formula is C28H32N6O. The van der Waals surface area contributed by atoms with Gasteiger partial charge in [0.15, 0.2) is 0 Å². The molecule has 4 aromatic rings. The highest BCUT2D eigenvalue weighted by molar-refractivity contribution is 5.99. The standard InChI is InChI=1S/C28H32N6O/c1-17-18(2)22(27(29)35)7-6-21(17)24-16-32-28-23(24)13-20(15-31-28)19-5-8-26(25(14-19)30-3)34-11-9-33(4)10-12-34/h5-8,13-16,30H,9-12H2,1-4H3,(H2,29,35)(H,31,32). The molecule has 0 spiro atoms. The van der Waals surface area contributed by atoms with E-state index < -0.39 is 5.91 Å². The molecule has 0 atom stereocenters. The molecule has 180 valence electrons. The Morgan fingerprint density at radius 2 is 1.77 bits per heavy atom. The van der Waals surface area contributed by atoms with Crippen LogP contribution in [0.15, 0.2) is 48.8 Å². The fourth-order valence-corrected chi connectivity index (χ4v) is 5.00. The first kappa shape index (κ1) is 22.9. The second kappa shape index (κ2) is 9.07. The summed E-state index contributed by atoms with van der Waals surface area (Å²) < 4.78 is 0. The minimum Gasteiger partial charge on any atom is -0.386 e. The summed E-state index contributed by atoms with van der Waals surface area (Å²) in [5.41, 5.74) is 15.6. The molecule has 0 aliphatic carbocycles. The second-order valence-corrected chi connectivity index (χ2v) is 9.37. The maximum absolute atomic E-state index is 11.8. The van der Waals surface area contributed by atoms with E-state index in [2.05, 4.69) is 51.4 Å². The third-order valence-corrected chi connectivity index (χ3v) is 7.32. The van der Waals surface area contributed by atoms with Crippen molar-refractivity contribution in [2.45, 2.75) is 13.8 Å². The third kappa shape index (κ3) is 4.12. The molecule has 7 nitrogen and oxygen atoms in total. The zero-order valence-corrected chi connectivity index (χ0v) is 20.8. The van der Waals surface area contributed by atoms with Gasteiger partial charge >= 0.3 is 0 Å². The number of nitrogens with zero attached hydrogens (tertiary/aromatic N) is 3. The number of nitrogens with one attached hydrogen (secondary N) is 2. The maximum atomic E-state index is 11.8. The molecule has 1 aliphatic heterocycles. The number of hydrogen-bond acceptors (Lipinski definition) is 5. The first-order chi connectivity index (χ1) is 16.9. The Morgan fingerprint density at radius 3 is 2.49 bits per heavy atom. The lowest BCUT2D eigenvalue weighted by Crippen LogP contribution is -2.44. The van der Waals surface area contributed by atoms with Crippen molar-refractivity contribution in [3.05, 3.63) is 65.5 Å². The van der Waals surface area contributed by atoms with Crippen molar-refractivity contribution in [1.29, 1.82) is 0 Å². The Morgan fingerprint density at radius 1 is 1.00 bits per heavy atom. The van der Waals surface area contributed by atoms with Crippen LogP contribution in [-0.2, 0) is 0 Å². The van der Waals surface area contributed by atoms with Crippen molar-refractivity contribution in [2.75, 3.05) is 50.5 Å². The van der Waals surface area contributed by atoms with Gasteiger partial charge in [0.05, 0.1) is 11.4 Å². The smallest absolute Gasteiger partial charge is 0.248 e. The Bertz CT molecular complexity index is 1410. The number of H-pyrrole nitrogens is 1. The number of aromatic nitrogens is 2. The molecule has 1 amide bonds. The van der Waals surface area contributed by atoms with E-state index in [-0.39, 0.29) is 0 Å². The predicted octanol–water partition coefficient (Wildman–Crippen LogP) is 4.41. The molecule has 1 aliphatic rings. The molecule has 2 aromatic heterocycles. The van der Waals surface area contributed by atoms with Gasteiger partial charge in [-0.25, -0.2) is 4.98 Å². The van der Waals surface area contributed by atoms with Crippen LogP contribution in [0.25, 0.3) is 33.3 Å². The van der Waals surface area contributed by atoms with E-state index in [0.29, 0.717) is 5.56 Å². The molecule has 7 heteroatoms. The van der Waals surface area contributed by atoms with Crippen molar-refractivity contribution in [3.8, 4) is 22.3 Å². The molecule has 1 saturated heterocycles. The molecule has 0 radical (unpaired) electrons. The number of rotatable bonds is 5. The van der Waals surface area contributed by atoms with Crippen LogP contribution in [0.1, 0.15) is 21.5 Å². The number of anilines is 2. The highest BCUT2D eigenvalue weighted by Crippen LogP contribution is 2.36. The third-order valence-electron chi connectivity index (χ3n) is 7.32. The van der Waals surface area contributed by atoms with Crippen molar-refractivity contribution in [3.63, 3.8) is 0 Å². The Balaban J connectivity index is 1.54. The predicted molar refractivity (Wildman–Crippen MR) is 144 cm³/mol. The van der Waals surface area contributed by atoms with Crippen molar-refractivity contribution >= 4 is 28.3 Å². The zero-order valence-electron chi connectivity index (χ0n) is 20.8. The lowest BCUT2D eigenvalue weighted by Gasteiger charge is -2.35. The number of carbonyl (C=O) groups excluding carboxylic acids is 1. The number of fused-ring (bicyclic) bond motifs is 1. The molecular weight excluding hydrogens is 436 g/mol. The molecule has 3 heterocycles. The van der Waals surface area contributed by atoms with Crippen LogP contribution in [0.5, 0.6) is 0 Å². The van der Waals surface area contributed by atoms with Gasteiger partial charge in [-0.3, -0.25) is 4.79 Å². The average molecular weight is 469 g/mol. The Labute approximate surface area is 206 Å². The van der Waals surface area contributed by atoms with Gasteiger partial charge < -0.3 is 25.8 Å². The molecule has 5 rings (SSSR count). The largest absolute Gasteiger partial charge is 0.386 e. The molecule has 2 aromatic carbocycles. The first-order valence-corrected chi connectivity index (χ1v) is 12.0. The van der Waals surface area contributed by atoms with Crippen LogP contribution >= 0.6 is 0 Å². The normalized spacial score (nSPS) is 14.5. The van der Waals surface area contributed by atoms with E-state index in [1.807, 2.05) is 45.4 Å².